The monoisotopic (exact) mass is 317 g/mol. The molecule has 0 aliphatic rings. The van der Waals surface area contributed by atoms with Gasteiger partial charge >= 0.3 is 0 Å². The summed E-state index contributed by atoms with van der Waals surface area (Å²) < 4.78 is 0. The molecule has 0 spiro atoms. The molecule has 0 fully saturated rings. The van der Waals surface area contributed by atoms with Crippen LogP contribution < -0.4 is 5.32 Å². The van der Waals surface area contributed by atoms with Crippen LogP contribution in [-0.2, 0) is 4.79 Å². The molecule has 2 nitrogen and oxygen atoms in total. The van der Waals surface area contributed by atoms with E-state index in [4.69, 9.17) is 0 Å². The minimum Gasteiger partial charge on any atom is -0.325 e. The van der Waals surface area contributed by atoms with Crippen molar-refractivity contribution in [1.82, 2.24) is 0 Å². The molecule has 0 aliphatic heterocycles. The molecule has 0 aromatic heterocycles. The molecule has 0 heterocycles. The van der Waals surface area contributed by atoms with Crippen LogP contribution in [0.3, 0.4) is 0 Å². The van der Waals surface area contributed by atoms with Crippen LogP contribution in [0.15, 0.2) is 58.3 Å². The predicted octanol–water partition coefficient (Wildman–Crippen LogP) is 4.84. The van der Waals surface area contributed by atoms with Crippen LogP contribution in [0.2, 0.25) is 0 Å². The highest BCUT2D eigenvalue weighted by Gasteiger charge is 2.14. The van der Waals surface area contributed by atoms with Crippen LogP contribution in [0.25, 0.3) is 0 Å². The average Bonchev–Trinajstić information content (AvgIpc) is 2.49. The highest BCUT2D eigenvalue weighted by molar-refractivity contribution is 8.00. The van der Waals surface area contributed by atoms with E-state index in [1.165, 1.54) is 5.56 Å². The molecule has 2 aromatic rings. The van der Waals surface area contributed by atoms with Crippen molar-refractivity contribution >= 4 is 35.1 Å². The molecule has 2 rings (SSSR count). The number of carbonyl (C=O) groups is 1. The number of carbonyl (C=O) groups excluding carboxylic acids is 1. The van der Waals surface area contributed by atoms with E-state index < -0.39 is 0 Å². The van der Waals surface area contributed by atoms with Gasteiger partial charge in [-0.25, -0.2) is 0 Å². The molecule has 0 saturated heterocycles. The molecule has 110 valence electrons. The van der Waals surface area contributed by atoms with Crippen molar-refractivity contribution in [3.8, 4) is 0 Å². The van der Waals surface area contributed by atoms with Crippen molar-refractivity contribution in [3.05, 3.63) is 54.1 Å². The lowest BCUT2D eigenvalue weighted by molar-refractivity contribution is -0.115. The molecule has 0 radical (unpaired) electrons. The van der Waals surface area contributed by atoms with Crippen molar-refractivity contribution in [2.75, 3.05) is 11.6 Å². The first-order valence-corrected chi connectivity index (χ1v) is 8.87. The molecule has 0 aliphatic carbocycles. The fourth-order valence-electron chi connectivity index (χ4n) is 1.82. The Morgan fingerprint density at radius 2 is 1.81 bits per heavy atom. The summed E-state index contributed by atoms with van der Waals surface area (Å²) in [5.41, 5.74) is 2.08. The Labute approximate surface area is 134 Å². The lowest BCUT2D eigenvalue weighted by atomic mass is 10.2. The zero-order valence-electron chi connectivity index (χ0n) is 12.4. The molecule has 2 aromatic carbocycles. The van der Waals surface area contributed by atoms with Gasteiger partial charge in [-0.2, -0.15) is 0 Å². The smallest absolute Gasteiger partial charge is 0.237 e. The van der Waals surface area contributed by atoms with Gasteiger partial charge < -0.3 is 5.32 Å². The van der Waals surface area contributed by atoms with E-state index >= 15 is 0 Å². The third kappa shape index (κ3) is 4.83. The van der Waals surface area contributed by atoms with Crippen molar-refractivity contribution in [2.45, 2.75) is 28.9 Å². The number of anilines is 1. The molecule has 4 heteroatoms. The number of hydrogen-bond acceptors (Lipinski definition) is 3. The van der Waals surface area contributed by atoms with E-state index in [9.17, 15) is 4.79 Å². The van der Waals surface area contributed by atoms with Gasteiger partial charge in [0.25, 0.3) is 0 Å². The second-order valence-electron chi connectivity index (χ2n) is 4.79. The molecule has 0 unspecified atom stereocenters. The standard InChI is InChI=1S/C17H19NOS2/c1-12-7-9-15(10-8-12)21-13(2)17(19)18-14-5-4-6-16(11-14)20-3/h4-11,13H,1-3H3,(H,18,19)/t13-/m0/s1. The van der Waals surface area contributed by atoms with Gasteiger partial charge in [0.15, 0.2) is 0 Å². The molecule has 1 atom stereocenters. The summed E-state index contributed by atoms with van der Waals surface area (Å²) in [5, 5.41) is 2.84. The SMILES string of the molecule is CSc1cccc(NC(=O)[C@H](C)Sc2ccc(C)cc2)c1. The number of hydrogen-bond donors (Lipinski definition) is 1. The fraction of sp³-hybridized carbons (Fsp3) is 0.235. The molecule has 0 bridgehead atoms. The van der Waals surface area contributed by atoms with Gasteiger partial charge in [-0.05, 0) is 50.4 Å². The second kappa shape index (κ2) is 7.57. The van der Waals surface area contributed by atoms with Crippen LogP contribution in [0, 0.1) is 6.92 Å². The molecule has 21 heavy (non-hydrogen) atoms. The van der Waals surface area contributed by atoms with Crippen molar-refractivity contribution in [2.24, 2.45) is 0 Å². The Morgan fingerprint density at radius 3 is 2.48 bits per heavy atom. The van der Waals surface area contributed by atoms with Gasteiger partial charge in [-0.1, -0.05) is 23.8 Å². The Balaban J connectivity index is 1.97. The molecule has 1 amide bonds. The fourth-order valence-corrected chi connectivity index (χ4v) is 3.15. The minimum absolute atomic E-state index is 0.0267. The van der Waals surface area contributed by atoms with E-state index in [-0.39, 0.29) is 11.2 Å². The number of thioether (sulfide) groups is 2. The molecular formula is C17H19NOS2. The van der Waals surface area contributed by atoms with E-state index in [1.807, 2.05) is 37.4 Å². The zero-order valence-corrected chi connectivity index (χ0v) is 14.1. The van der Waals surface area contributed by atoms with Crippen molar-refractivity contribution < 1.29 is 4.79 Å². The van der Waals surface area contributed by atoms with Gasteiger partial charge in [-0.15, -0.1) is 23.5 Å². The van der Waals surface area contributed by atoms with Crippen LogP contribution in [0.5, 0.6) is 0 Å². The summed E-state index contributed by atoms with van der Waals surface area (Å²) in [5.74, 6) is 0.0267. The largest absolute Gasteiger partial charge is 0.325 e. The number of aryl methyl sites for hydroxylation is 1. The number of rotatable bonds is 5. The summed E-state index contributed by atoms with van der Waals surface area (Å²) in [6.45, 7) is 3.99. The summed E-state index contributed by atoms with van der Waals surface area (Å²) in [6, 6.07) is 16.1. The van der Waals surface area contributed by atoms with Gasteiger partial charge in [0.2, 0.25) is 5.91 Å². The number of amides is 1. The molecule has 0 saturated carbocycles. The maximum Gasteiger partial charge on any atom is 0.237 e. The number of nitrogens with one attached hydrogen (secondary N) is 1. The molecular weight excluding hydrogens is 298 g/mol. The quantitative estimate of drug-likeness (QED) is 0.800. The van der Waals surface area contributed by atoms with Crippen LogP contribution in [0.4, 0.5) is 5.69 Å². The van der Waals surface area contributed by atoms with Crippen LogP contribution in [0.1, 0.15) is 12.5 Å². The summed E-state index contributed by atoms with van der Waals surface area (Å²) in [6.07, 6.45) is 2.02. The summed E-state index contributed by atoms with van der Waals surface area (Å²) >= 11 is 3.24. The first kappa shape index (κ1) is 16.0. The van der Waals surface area contributed by atoms with Crippen molar-refractivity contribution in [3.63, 3.8) is 0 Å². The van der Waals surface area contributed by atoms with Crippen molar-refractivity contribution in [1.29, 1.82) is 0 Å². The Bertz CT molecular complexity index is 610. The highest BCUT2D eigenvalue weighted by Crippen LogP contribution is 2.25. The van der Waals surface area contributed by atoms with E-state index in [0.717, 1.165) is 15.5 Å². The van der Waals surface area contributed by atoms with E-state index in [2.05, 4.69) is 36.5 Å². The summed E-state index contributed by atoms with van der Waals surface area (Å²) in [7, 11) is 0. The molecule has 1 N–H and O–H groups in total. The lowest BCUT2D eigenvalue weighted by Gasteiger charge is -2.12. The topological polar surface area (TPSA) is 29.1 Å². The average molecular weight is 317 g/mol. The van der Waals surface area contributed by atoms with Gasteiger partial charge in [0.05, 0.1) is 5.25 Å². The Hall–Kier alpha value is -1.39. The highest BCUT2D eigenvalue weighted by atomic mass is 32.2. The maximum atomic E-state index is 12.2. The minimum atomic E-state index is -0.134. The van der Waals surface area contributed by atoms with Crippen LogP contribution in [-0.4, -0.2) is 17.4 Å². The number of benzene rings is 2. The van der Waals surface area contributed by atoms with Crippen LogP contribution >= 0.6 is 23.5 Å². The third-order valence-electron chi connectivity index (χ3n) is 3.04. The van der Waals surface area contributed by atoms with Gasteiger partial charge in [0.1, 0.15) is 0 Å². The first-order valence-electron chi connectivity index (χ1n) is 6.77. The summed E-state index contributed by atoms with van der Waals surface area (Å²) in [4.78, 5) is 14.5. The van der Waals surface area contributed by atoms with E-state index in [0.29, 0.717) is 0 Å². The zero-order chi connectivity index (χ0) is 15.2. The Kier molecular flexibility index (Phi) is 5.76. The second-order valence-corrected chi connectivity index (χ2v) is 7.09. The Morgan fingerprint density at radius 1 is 1.10 bits per heavy atom. The maximum absolute atomic E-state index is 12.2. The lowest BCUT2D eigenvalue weighted by Crippen LogP contribution is -2.22. The van der Waals surface area contributed by atoms with Gasteiger partial charge in [0, 0.05) is 15.5 Å². The first-order chi connectivity index (χ1) is 10.1. The van der Waals surface area contributed by atoms with Gasteiger partial charge in [-0.3, -0.25) is 4.79 Å². The normalized spacial score (nSPS) is 12.0. The van der Waals surface area contributed by atoms with E-state index in [1.54, 1.807) is 23.5 Å². The third-order valence-corrected chi connectivity index (χ3v) is 4.88. The predicted molar refractivity (Wildman–Crippen MR) is 93.4 cm³/mol.